The lowest BCUT2D eigenvalue weighted by atomic mass is 10.1. The summed E-state index contributed by atoms with van der Waals surface area (Å²) in [5, 5.41) is 18.2. The van der Waals surface area contributed by atoms with Crippen LogP contribution in [0.3, 0.4) is 0 Å². The highest BCUT2D eigenvalue weighted by Gasteiger charge is 2.26. The number of carbonyl (C=O) groups is 4. The summed E-state index contributed by atoms with van der Waals surface area (Å²) in [5.41, 5.74) is 15.5. The number of amides is 4. The molecule has 0 aliphatic carbocycles. The third kappa shape index (κ3) is 12.0. The van der Waals surface area contributed by atoms with Gasteiger partial charge in [-0.25, -0.2) is 9.97 Å². The number of fused-ring (bicyclic) bond motifs is 2. The molecule has 6 aromatic rings. The van der Waals surface area contributed by atoms with Gasteiger partial charge in [0.05, 0.1) is 42.2 Å². The van der Waals surface area contributed by atoms with E-state index in [9.17, 15) is 19.2 Å². The quantitative estimate of drug-likeness (QED) is 0.0616. The zero-order chi connectivity index (χ0) is 49.9. The topological polar surface area (TPSA) is 259 Å². The highest BCUT2D eigenvalue weighted by Crippen LogP contribution is 2.33. The van der Waals surface area contributed by atoms with Crippen LogP contribution in [0.1, 0.15) is 87.2 Å². The molecule has 7 N–H and O–H groups in total. The third-order valence-electron chi connectivity index (χ3n) is 11.2. The lowest BCUT2D eigenvalue weighted by molar-refractivity contribution is 0.0866. The SMILES string of the molecule is CC.CCn1nc(C)cc1C(=O)Nc1nc2cc(C(N)=O)cc(OC)c2n1C/C=C/Cn1c(NC(=O)c2cc(C)nn2CC)nc2cc(C(N)=O)cc(OC/C=C/COC3CNC(CN(C)C)C3)c21. The maximum absolute atomic E-state index is 13.9. The summed E-state index contributed by atoms with van der Waals surface area (Å²) >= 11 is 0. The molecule has 368 valence electrons. The maximum Gasteiger partial charge on any atom is 0.276 e. The smallest absolute Gasteiger partial charge is 0.276 e. The Morgan fingerprint density at radius 1 is 0.754 bits per heavy atom. The van der Waals surface area contributed by atoms with E-state index in [1.165, 1.54) is 19.2 Å². The van der Waals surface area contributed by atoms with E-state index < -0.39 is 23.6 Å². The number of nitrogens with zero attached hydrogens (tertiary/aromatic N) is 9. The van der Waals surface area contributed by atoms with E-state index in [2.05, 4.69) is 45.1 Å². The van der Waals surface area contributed by atoms with Crippen molar-refractivity contribution in [1.82, 2.24) is 48.9 Å². The Labute approximate surface area is 400 Å². The van der Waals surface area contributed by atoms with Gasteiger partial charge in [0.2, 0.25) is 23.7 Å². The summed E-state index contributed by atoms with van der Waals surface area (Å²) in [7, 11) is 5.57. The molecular formula is C48H64N14O7. The molecule has 0 saturated carbocycles. The van der Waals surface area contributed by atoms with Crippen LogP contribution in [0.15, 0.2) is 60.7 Å². The minimum absolute atomic E-state index is 0.105. The van der Waals surface area contributed by atoms with Crippen LogP contribution < -0.4 is 36.9 Å². The van der Waals surface area contributed by atoms with Crippen molar-refractivity contribution in [2.24, 2.45) is 11.5 Å². The Hall–Kier alpha value is -7.36. The number of carbonyl (C=O) groups excluding carboxylic acids is 4. The van der Waals surface area contributed by atoms with Gasteiger partial charge < -0.3 is 45.0 Å². The number of ether oxygens (including phenoxy) is 3. The number of nitrogens with one attached hydrogen (secondary N) is 3. The van der Waals surface area contributed by atoms with Crippen molar-refractivity contribution in [2.45, 2.75) is 86.3 Å². The number of imidazole rings is 2. The maximum atomic E-state index is 13.9. The lowest BCUT2D eigenvalue weighted by Gasteiger charge is -2.15. The molecule has 7 rings (SSSR count). The van der Waals surface area contributed by atoms with Crippen molar-refractivity contribution in [1.29, 1.82) is 0 Å². The number of primary amides is 2. The van der Waals surface area contributed by atoms with Crippen LogP contribution in [-0.4, -0.2) is 127 Å². The van der Waals surface area contributed by atoms with Gasteiger partial charge in [0.1, 0.15) is 40.5 Å². The molecule has 4 amide bonds. The van der Waals surface area contributed by atoms with Crippen LogP contribution in [-0.2, 0) is 30.9 Å². The van der Waals surface area contributed by atoms with Gasteiger partial charge >= 0.3 is 0 Å². The predicted molar refractivity (Wildman–Crippen MR) is 264 cm³/mol. The van der Waals surface area contributed by atoms with Gasteiger partial charge in [-0.2, -0.15) is 10.2 Å². The average molecular weight is 949 g/mol. The second-order valence-electron chi connectivity index (χ2n) is 16.4. The summed E-state index contributed by atoms with van der Waals surface area (Å²) in [6, 6.07) is 9.92. The van der Waals surface area contributed by atoms with Crippen LogP contribution in [0.2, 0.25) is 0 Å². The first-order valence-corrected chi connectivity index (χ1v) is 23.0. The second-order valence-corrected chi connectivity index (χ2v) is 16.4. The number of hydrogen-bond acceptors (Lipinski definition) is 13. The minimum atomic E-state index is -0.682. The number of aryl methyl sites for hydroxylation is 4. The number of benzene rings is 2. The molecule has 21 nitrogen and oxygen atoms in total. The molecule has 1 saturated heterocycles. The summed E-state index contributed by atoms with van der Waals surface area (Å²) in [5.74, 6) is -1.27. The summed E-state index contributed by atoms with van der Waals surface area (Å²) in [4.78, 5) is 64.1. The fraction of sp³-hybridized carbons (Fsp3) is 0.417. The molecule has 5 heterocycles. The molecule has 0 spiro atoms. The molecule has 4 aromatic heterocycles. The van der Waals surface area contributed by atoms with E-state index in [1.807, 2.05) is 52.0 Å². The number of aromatic nitrogens is 8. The average Bonchev–Trinajstić information content (AvgIpc) is 4.16. The van der Waals surface area contributed by atoms with E-state index in [1.54, 1.807) is 56.6 Å². The van der Waals surface area contributed by atoms with Crippen molar-refractivity contribution < 1.29 is 33.4 Å². The monoisotopic (exact) mass is 949 g/mol. The van der Waals surface area contributed by atoms with E-state index in [-0.39, 0.29) is 48.8 Å². The van der Waals surface area contributed by atoms with Gasteiger partial charge in [0.15, 0.2) is 0 Å². The number of nitrogens with two attached hydrogens (primary N) is 2. The Morgan fingerprint density at radius 3 is 1.72 bits per heavy atom. The largest absolute Gasteiger partial charge is 0.494 e. The Morgan fingerprint density at radius 2 is 1.25 bits per heavy atom. The van der Waals surface area contributed by atoms with Crippen molar-refractivity contribution in [3.63, 3.8) is 0 Å². The van der Waals surface area contributed by atoms with Gasteiger partial charge in [-0.3, -0.25) is 39.2 Å². The second kappa shape index (κ2) is 23.1. The molecule has 1 aliphatic rings. The van der Waals surface area contributed by atoms with E-state index >= 15 is 0 Å². The lowest BCUT2D eigenvalue weighted by Crippen LogP contribution is -2.33. The van der Waals surface area contributed by atoms with Crippen LogP contribution in [0, 0.1) is 13.8 Å². The predicted octanol–water partition coefficient (Wildman–Crippen LogP) is 4.67. The Balaban J connectivity index is 0.00000386. The zero-order valence-corrected chi connectivity index (χ0v) is 40.8. The first-order valence-electron chi connectivity index (χ1n) is 23.0. The van der Waals surface area contributed by atoms with E-state index in [0.717, 1.165) is 19.5 Å². The van der Waals surface area contributed by atoms with E-state index in [4.69, 9.17) is 35.6 Å². The molecule has 21 heteroatoms. The van der Waals surface area contributed by atoms with E-state index in [0.29, 0.717) is 82.1 Å². The standard InChI is InChI=1S/C46H58N14O7.C2H6/c1-8-59-35(18-27(3)54-59)43(63)52-45-50-33-20-29(41(47)61)22-37(65-7)39(33)57(45)14-10-11-15-58-40-34(51-46(58)53-44(64)36-19-28(4)55-60(36)9-2)21-30(42(48)62)23-38(40)67-17-13-12-16-66-32-24-31(49-25-32)26-56(5)6;1-2/h10-13,18-23,31-32,49H,8-9,14-17,24-26H2,1-7H3,(H2,47,61)(H2,48,62)(H,50,52,63)(H,51,53,64);1-2H3/b11-10+,13-12+;. The van der Waals surface area contributed by atoms with Gasteiger partial charge in [0.25, 0.3) is 11.8 Å². The normalized spacial score (nSPS) is 14.8. The number of anilines is 2. The molecule has 2 unspecified atom stereocenters. The van der Waals surface area contributed by atoms with Crippen molar-refractivity contribution in [2.75, 3.05) is 58.1 Å². The van der Waals surface area contributed by atoms with Crippen LogP contribution in [0.25, 0.3) is 22.1 Å². The summed E-state index contributed by atoms with van der Waals surface area (Å²) < 4.78 is 24.8. The first kappa shape index (κ1) is 51.0. The number of hydrogen-bond donors (Lipinski definition) is 5. The molecule has 2 atom stereocenters. The van der Waals surface area contributed by atoms with Gasteiger partial charge in [-0.05, 0) is 90.7 Å². The number of allylic oxidation sites excluding steroid dienone is 2. The number of rotatable bonds is 21. The van der Waals surface area contributed by atoms with Crippen molar-refractivity contribution in [3.8, 4) is 11.5 Å². The highest BCUT2D eigenvalue weighted by molar-refractivity contribution is 6.05. The minimum Gasteiger partial charge on any atom is -0.494 e. The molecule has 69 heavy (non-hydrogen) atoms. The van der Waals surface area contributed by atoms with Gasteiger partial charge in [-0.15, -0.1) is 0 Å². The Bertz CT molecular complexity index is 2870. The van der Waals surface area contributed by atoms with Gasteiger partial charge in [0, 0.05) is 56.4 Å². The summed E-state index contributed by atoms with van der Waals surface area (Å²) in [6.45, 7) is 14.9. The molecule has 1 aliphatic heterocycles. The fourth-order valence-corrected chi connectivity index (χ4v) is 8.14. The fourth-order valence-electron chi connectivity index (χ4n) is 8.14. The molecule has 2 aromatic carbocycles. The van der Waals surface area contributed by atoms with Gasteiger partial charge in [-0.1, -0.05) is 32.1 Å². The summed E-state index contributed by atoms with van der Waals surface area (Å²) in [6.07, 6.45) is 8.44. The van der Waals surface area contributed by atoms with Crippen LogP contribution in [0.5, 0.6) is 11.5 Å². The Kier molecular flexibility index (Phi) is 17.1. The third-order valence-corrected chi connectivity index (χ3v) is 11.2. The number of likely N-dealkylation sites (N-methyl/N-ethyl adjacent to an activating group) is 1. The van der Waals surface area contributed by atoms with Crippen LogP contribution >= 0.6 is 0 Å². The zero-order valence-electron chi connectivity index (χ0n) is 40.8. The first-order chi connectivity index (χ1) is 33.2. The van der Waals surface area contributed by atoms with Crippen molar-refractivity contribution >= 4 is 57.6 Å². The molecule has 1 fully saturated rings. The van der Waals surface area contributed by atoms with Crippen molar-refractivity contribution in [3.05, 3.63) is 94.6 Å². The number of methoxy groups -OCH3 is 1. The molecule has 0 radical (unpaired) electrons. The van der Waals surface area contributed by atoms with Crippen LogP contribution in [0.4, 0.5) is 11.9 Å². The molecular weight excluding hydrogens is 885 g/mol. The molecule has 0 bridgehead atoms. The highest BCUT2D eigenvalue weighted by atomic mass is 16.5.